The average Bonchev–Trinajstić information content (AvgIpc) is 2.03. The van der Waals surface area contributed by atoms with Crippen molar-refractivity contribution < 1.29 is 10.0 Å². The molecule has 1 rings (SSSR count). The SMILES string of the molecule is C#CCc1cc(N)cc(B(O)O)c1. The van der Waals surface area contributed by atoms with Crippen molar-refractivity contribution in [3.63, 3.8) is 0 Å². The number of anilines is 1. The number of nitrogens with two attached hydrogens (primary N) is 1. The molecule has 3 nitrogen and oxygen atoms in total. The number of hydrogen-bond donors (Lipinski definition) is 3. The zero-order valence-electron chi connectivity index (χ0n) is 7.07. The Labute approximate surface area is 77.3 Å². The second kappa shape index (κ2) is 3.99. The summed E-state index contributed by atoms with van der Waals surface area (Å²) >= 11 is 0. The lowest BCUT2D eigenvalue weighted by molar-refractivity contribution is 0.426. The minimum atomic E-state index is -1.50. The van der Waals surface area contributed by atoms with Crippen LogP contribution >= 0.6 is 0 Å². The Morgan fingerprint density at radius 2 is 2.08 bits per heavy atom. The van der Waals surface area contributed by atoms with Gasteiger partial charge >= 0.3 is 7.12 Å². The molecule has 0 unspecified atom stereocenters. The van der Waals surface area contributed by atoms with Crippen molar-refractivity contribution in [2.45, 2.75) is 6.42 Å². The maximum Gasteiger partial charge on any atom is 0.488 e. The average molecular weight is 175 g/mol. The van der Waals surface area contributed by atoms with Gasteiger partial charge in [0, 0.05) is 12.1 Å². The lowest BCUT2D eigenvalue weighted by Gasteiger charge is -2.04. The van der Waals surface area contributed by atoms with Gasteiger partial charge in [-0.15, -0.1) is 12.3 Å². The van der Waals surface area contributed by atoms with Crippen LogP contribution in [-0.2, 0) is 6.42 Å². The highest BCUT2D eigenvalue weighted by atomic mass is 16.4. The molecule has 0 saturated carbocycles. The van der Waals surface area contributed by atoms with Crippen LogP contribution in [0.5, 0.6) is 0 Å². The summed E-state index contributed by atoms with van der Waals surface area (Å²) in [5.74, 6) is 2.46. The van der Waals surface area contributed by atoms with Crippen LogP contribution < -0.4 is 11.2 Å². The van der Waals surface area contributed by atoms with Gasteiger partial charge in [-0.2, -0.15) is 0 Å². The highest BCUT2D eigenvalue weighted by Gasteiger charge is 2.11. The molecule has 0 saturated heterocycles. The van der Waals surface area contributed by atoms with E-state index in [1.54, 1.807) is 12.1 Å². The number of hydrogen-bond acceptors (Lipinski definition) is 3. The molecule has 1 aromatic rings. The second-order valence-corrected chi connectivity index (χ2v) is 2.76. The smallest absolute Gasteiger partial charge is 0.423 e. The summed E-state index contributed by atoms with van der Waals surface area (Å²) < 4.78 is 0. The van der Waals surface area contributed by atoms with Gasteiger partial charge in [-0.05, 0) is 23.2 Å². The fraction of sp³-hybridized carbons (Fsp3) is 0.111. The largest absolute Gasteiger partial charge is 0.488 e. The zero-order chi connectivity index (χ0) is 9.84. The lowest BCUT2D eigenvalue weighted by atomic mass is 9.79. The van der Waals surface area contributed by atoms with Crippen molar-refractivity contribution in [3.8, 4) is 12.3 Å². The maximum atomic E-state index is 8.89. The van der Waals surface area contributed by atoms with E-state index in [2.05, 4.69) is 5.92 Å². The summed E-state index contributed by atoms with van der Waals surface area (Å²) in [6.45, 7) is 0. The standard InChI is InChI=1S/C9H10BNO2/c1-2-3-7-4-8(10(12)13)6-9(11)5-7/h1,4-6,12-13H,3,11H2. The Kier molecular flexibility index (Phi) is 2.96. The van der Waals surface area contributed by atoms with E-state index in [0.717, 1.165) is 5.56 Å². The molecule has 0 aliphatic carbocycles. The third kappa shape index (κ3) is 2.51. The van der Waals surface area contributed by atoms with Crippen LogP contribution in [0.25, 0.3) is 0 Å². The highest BCUT2D eigenvalue weighted by Crippen LogP contribution is 2.05. The van der Waals surface area contributed by atoms with Crippen molar-refractivity contribution in [2.75, 3.05) is 5.73 Å². The first-order valence-corrected chi connectivity index (χ1v) is 3.82. The number of rotatable bonds is 2. The number of nitrogen functional groups attached to an aromatic ring is 1. The van der Waals surface area contributed by atoms with Gasteiger partial charge in [-0.25, -0.2) is 0 Å². The van der Waals surface area contributed by atoms with Crippen molar-refractivity contribution in [3.05, 3.63) is 23.8 Å². The molecule has 0 fully saturated rings. The van der Waals surface area contributed by atoms with Crippen LogP contribution in [0.2, 0.25) is 0 Å². The van der Waals surface area contributed by atoms with Crippen LogP contribution in [0, 0.1) is 12.3 Å². The van der Waals surface area contributed by atoms with Gasteiger partial charge in [-0.3, -0.25) is 0 Å². The number of benzene rings is 1. The van der Waals surface area contributed by atoms with Gasteiger partial charge in [0.1, 0.15) is 0 Å². The lowest BCUT2D eigenvalue weighted by Crippen LogP contribution is -2.30. The van der Waals surface area contributed by atoms with E-state index < -0.39 is 7.12 Å². The Bertz CT molecular complexity index is 344. The van der Waals surface area contributed by atoms with Crippen molar-refractivity contribution in [1.29, 1.82) is 0 Å². The quantitative estimate of drug-likeness (QED) is 0.310. The molecular formula is C9H10BNO2. The third-order valence-electron chi connectivity index (χ3n) is 1.64. The van der Waals surface area contributed by atoms with Gasteiger partial charge in [0.25, 0.3) is 0 Å². The molecule has 13 heavy (non-hydrogen) atoms. The molecular weight excluding hydrogens is 165 g/mol. The van der Waals surface area contributed by atoms with Crippen LogP contribution in [0.15, 0.2) is 18.2 Å². The minimum Gasteiger partial charge on any atom is -0.423 e. The molecule has 1 aromatic carbocycles. The van der Waals surface area contributed by atoms with E-state index in [9.17, 15) is 0 Å². The van der Waals surface area contributed by atoms with Gasteiger partial charge in [0.15, 0.2) is 0 Å². The van der Waals surface area contributed by atoms with Crippen LogP contribution in [0.3, 0.4) is 0 Å². The molecule has 0 radical (unpaired) electrons. The first-order chi connectivity index (χ1) is 6.13. The van der Waals surface area contributed by atoms with Gasteiger partial charge in [0.05, 0.1) is 0 Å². The molecule has 0 amide bonds. The Hall–Kier alpha value is -1.44. The van der Waals surface area contributed by atoms with E-state index in [1.165, 1.54) is 6.07 Å². The van der Waals surface area contributed by atoms with Crippen LogP contribution in [-0.4, -0.2) is 17.2 Å². The van der Waals surface area contributed by atoms with Crippen LogP contribution in [0.1, 0.15) is 5.56 Å². The van der Waals surface area contributed by atoms with Crippen molar-refractivity contribution in [2.24, 2.45) is 0 Å². The van der Waals surface area contributed by atoms with E-state index in [-0.39, 0.29) is 0 Å². The summed E-state index contributed by atoms with van der Waals surface area (Å²) in [6.07, 6.45) is 5.56. The fourth-order valence-corrected chi connectivity index (χ4v) is 1.11. The molecule has 0 aromatic heterocycles. The van der Waals surface area contributed by atoms with E-state index >= 15 is 0 Å². The molecule has 0 aliphatic heterocycles. The minimum absolute atomic E-state index is 0.366. The third-order valence-corrected chi connectivity index (χ3v) is 1.64. The summed E-state index contributed by atoms with van der Waals surface area (Å²) in [6, 6.07) is 4.84. The first-order valence-electron chi connectivity index (χ1n) is 3.82. The van der Waals surface area contributed by atoms with Gasteiger partial charge in [0.2, 0.25) is 0 Å². The topological polar surface area (TPSA) is 66.5 Å². The summed E-state index contributed by atoms with van der Waals surface area (Å²) in [5.41, 5.74) is 7.20. The van der Waals surface area contributed by atoms with Crippen molar-refractivity contribution >= 4 is 18.3 Å². The normalized spacial score (nSPS) is 9.31. The Balaban J connectivity index is 3.05. The summed E-state index contributed by atoms with van der Waals surface area (Å²) in [5, 5.41) is 17.8. The highest BCUT2D eigenvalue weighted by molar-refractivity contribution is 6.58. The Morgan fingerprint density at radius 3 is 2.62 bits per heavy atom. The second-order valence-electron chi connectivity index (χ2n) is 2.76. The Morgan fingerprint density at radius 1 is 1.38 bits per heavy atom. The van der Waals surface area contributed by atoms with Crippen molar-refractivity contribution in [1.82, 2.24) is 0 Å². The molecule has 0 spiro atoms. The molecule has 0 aliphatic rings. The summed E-state index contributed by atoms with van der Waals surface area (Å²) in [7, 11) is -1.50. The van der Waals surface area contributed by atoms with Gasteiger partial charge in [-0.1, -0.05) is 6.07 Å². The first kappa shape index (κ1) is 9.65. The molecule has 0 atom stereocenters. The predicted molar refractivity (Wildman–Crippen MR) is 53.2 cm³/mol. The summed E-state index contributed by atoms with van der Waals surface area (Å²) in [4.78, 5) is 0. The zero-order valence-corrected chi connectivity index (χ0v) is 7.07. The molecule has 4 N–H and O–H groups in total. The van der Waals surface area contributed by atoms with E-state index in [4.69, 9.17) is 22.2 Å². The van der Waals surface area contributed by atoms with E-state index in [1.807, 2.05) is 0 Å². The fourth-order valence-electron chi connectivity index (χ4n) is 1.11. The van der Waals surface area contributed by atoms with Crippen LogP contribution in [0.4, 0.5) is 5.69 Å². The predicted octanol–water partition coefficient (Wildman–Crippen LogP) is -0.876. The molecule has 0 bridgehead atoms. The molecule has 66 valence electrons. The molecule has 0 heterocycles. The number of terminal acetylenes is 1. The van der Waals surface area contributed by atoms with Gasteiger partial charge < -0.3 is 15.8 Å². The monoisotopic (exact) mass is 175 g/mol. The van der Waals surface area contributed by atoms with E-state index in [0.29, 0.717) is 17.6 Å². The maximum absolute atomic E-state index is 8.89. The molecule has 4 heteroatoms.